The van der Waals surface area contributed by atoms with Gasteiger partial charge in [-0.2, -0.15) is 0 Å². The van der Waals surface area contributed by atoms with E-state index in [1.807, 2.05) is 68.4 Å². The molecule has 0 saturated carbocycles. The van der Waals surface area contributed by atoms with Crippen molar-refractivity contribution in [1.82, 2.24) is 5.32 Å². The van der Waals surface area contributed by atoms with E-state index in [2.05, 4.69) is 5.32 Å². The third kappa shape index (κ3) is 3.87. The molecule has 0 aliphatic heterocycles. The molecule has 118 valence electrons. The zero-order valence-electron chi connectivity index (χ0n) is 13.2. The smallest absolute Gasteiger partial charge is 0.244 e. The predicted octanol–water partition coefficient (Wildman–Crippen LogP) is 3.47. The standard InChI is InChI=1S/C18H22N2O.ClH/c1-13-9-7-8-12-16(13)14(2)20-17(21)18(3,19)15-10-5-4-6-11-15;/h4-12,14H,19H2,1-3H3,(H,20,21);1H. The molecule has 0 aliphatic carbocycles. The number of benzene rings is 2. The molecule has 0 radical (unpaired) electrons. The average molecular weight is 319 g/mol. The maximum atomic E-state index is 12.5. The second-order valence-corrected chi connectivity index (χ2v) is 5.62. The predicted molar refractivity (Wildman–Crippen MR) is 93.0 cm³/mol. The number of carbonyl (C=O) groups is 1. The summed E-state index contributed by atoms with van der Waals surface area (Å²) in [6.07, 6.45) is 0. The second-order valence-electron chi connectivity index (χ2n) is 5.62. The maximum absolute atomic E-state index is 12.5. The number of carbonyl (C=O) groups excluding carboxylic acids is 1. The van der Waals surface area contributed by atoms with Gasteiger partial charge in [0.05, 0.1) is 6.04 Å². The van der Waals surface area contributed by atoms with Gasteiger partial charge in [-0.3, -0.25) is 4.79 Å². The molecule has 2 aromatic carbocycles. The summed E-state index contributed by atoms with van der Waals surface area (Å²) < 4.78 is 0. The Balaban J connectivity index is 0.00000242. The van der Waals surface area contributed by atoms with Crippen LogP contribution in [0.5, 0.6) is 0 Å². The normalized spacial score (nSPS) is 14.4. The highest BCUT2D eigenvalue weighted by atomic mass is 35.5. The Morgan fingerprint density at radius 2 is 1.64 bits per heavy atom. The van der Waals surface area contributed by atoms with E-state index in [0.29, 0.717) is 0 Å². The number of hydrogen-bond acceptors (Lipinski definition) is 2. The fourth-order valence-corrected chi connectivity index (χ4v) is 2.41. The number of nitrogens with two attached hydrogens (primary N) is 1. The van der Waals surface area contributed by atoms with Gasteiger partial charge in [0.25, 0.3) is 0 Å². The Hall–Kier alpha value is -1.84. The lowest BCUT2D eigenvalue weighted by Gasteiger charge is -2.27. The lowest BCUT2D eigenvalue weighted by atomic mass is 9.91. The van der Waals surface area contributed by atoms with Gasteiger partial charge in [0.1, 0.15) is 5.54 Å². The van der Waals surface area contributed by atoms with Gasteiger partial charge in [0, 0.05) is 0 Å². The molecule has 2 atom stereocenters. The van der Waals surface area contributed by atoms with Crippen LogP contribution in [0.2, 0.25) is 0 Å². The van der Waals surface area contributed by atoms with Crippen molar-refractivity contribution in [3.63, 3.8) is 0 Å². The molecule has 0 heterocycles. The molecule has 4 heteroatoms. The summed E-state index contributed by atoms with van der Waals surface area (Å²) in [5.74, 6) is -0.176. The van der Waals surface area contributed by atoms with Crippen LogP contribution in [-0.2, 0) is 10.3 Å². The minimum Gasteiger partial charge on any atom is -0.348 e. The van der Waals surface area contributed by atoms with Crippen LogP contribution in [0.15, 0.2) is 54.6 Å². The van der Waals surface area contributed by atoms with Crippen molar-refractivity contribution in [2.45, 2.75) is 32.4 Å². The first-order chi connectivity index (χ1) is 9.93. The van der Waals surface area contributed by atoms with Crippen LogP contribution in [0, 0.1) is 6.92 Å². The summed E-state index contributed by atoms with van der Waals surface area (Å²) in [4.78, 5) is 12.5. The number of nitrogens with one attached hydrogen (secondary N) is 1. The molecule has 0 saturated heterocycles. The Morgan fingerprint density at radius 1 is 1.09 bits per heavy atom. The summed E-state index contributed by atoms with van der Waals surface area (Å²) in [5, 5.41) is 3.01. The number of amides is 1. The summed E-state index contributed by atoms with van der Waals surface area (Å²) >= 11 is 0. The molecular weight excluding hydrogens is 296 g/mol. The van der Waals surface area contributed by atoms with Crippen molar-refractivity contribution < 1.29 is 4.79 Å². The third-order valence-corrected chi connectivity index (χ3v) is 3.85. The van der Waals surface area contributed by atoms with E-state index in [1.54, 1.807) is 6.92 Å². The third-order valence-electron chi connectivity index (χ3n) is 3.85. The van der Waals surface area contributed by atoms with Gasteiger partial charge >= 0.3 is 0 Å². The molecular formula is C18H23ClN2O. The molecule has 0 aromatic heterocycles. The van der Waals surface area contributed by atoms with Crippen molar-refractivity contribution in [2.24, 2.45) is 5.73 Å². The van der Waals surface area contributed by atoms with Gasteiger partial charge in [-0.25, -0.2) is 0 Å². The SMILES string of the molecule is Cc1ccccc1C(C)NC(=O)C(C)(N)c1ccccc1.Cl. The molecule has 1 amide bonds. The zero-order chi connectivity index (χ0) is 15.5. The average Bonchev–Trinajstić information content (AvgIpc) is 2.48. The van der Waals surface area contributed by atoms with Gasteiger partial charge in [-0.1, -0.05) is 54.6 Å². The van der Waals surface area contributed by atoms with E-state index < -0.39 is 5.54 Å². The topological polar surface area (TPSA) is 55.1 Å². The van der Waals surface area contributed by atoms with Gasteiger partial charge in [-0.15, -0.1) is 12.4 Å². The molecule has 3 nitrogen and oxygen atoms in total. The van der Waals surface area contributed by atoms with Crippen molar-refractivity contribution in [3.05, 3.63) is 71.3 Å². The van der Waals surface area contributed by atoms with E-state index >= 15 is 0 Å². The van der Waals surface area contributed by atoms with Crippen LogP contribution in [0.3, 0.4) is 0 Å². The first-order valence-electron chi connectivity index (χ1n) is 7.14. The summed E-state index contributed by atoms with van der Waals surface area (Å²) in [5.41, 5.74) is 8.26. The number of hydrogen-bond donors (Lipinski definition) is 2. The van der Waals surface area contributed by atoms with Gasteiger partial charge in [-0.05, 0) is 37.5 Å². The Labute approximate surface area is 138 Å². The maximum Gasteiger partial charge on any atom is 0.244 e. The van der Waals surface area contributed by atoms with E-state index in [4.69, 9.17) is 5.73 Å². The Morgan fingerprint density at radius 3 is 2.23 bits per heavy atom. The minimum atomic E-state index is -1.04. The summed E-state index contributed by atoms with van der Waals surface area (Å²) in [6.45, 7) is 5.75. The molecule has 2 rings (SSSR count). The summed E-state index contributed by atoms with van der Waals surface area (Å²) in [7, 11) is 0. The van der Waals surface area contributed by atoms with E-state index in [9.17, 15) is 4.79 Å². The van der Waals surface area contributed by atoms with Crippen LogP contribution < -0.4 is 11.1 Å². The fourth-order valence-electron chi connectivity index (χ4n) is 2.41. The molecule has 0 bridgehead atoms. The second kappa shape index (κ2) is 7.43. The van der Waals surface area contributed by atoms with Gasteiger partial charge in [0.2, 0.25) is 5.91 Å². The van der Waals surface area contributed by atoms with Gasteiger partial charge < -0.3 is 11.1 Å². The van der Waals surface area contributed by atoms with Crippen molar-refractivity contribution in [3.8, 4) is 0 Å². The largest absolute Gasteiger partial charge is 0.348 e. The Bertz CT molecular complexity index is 626. The van der Waals surface area contributed by atoms with E-state index in [-0.39, 0.29) is 24.4 Å². The van der Waals surface area contributed by atoms with Crippen LogP contribution >= 0.6 is 12.4 Å². The van der Waals surface area contributed by atoms with E-state index in [0.717, 1.165) is 16.7 Å². The number of rotatable bonds is 4. The van der Waals surface area contributed by atoms with Crippen LogP contribution in [0.4, 0.5) is 0 Å². The molecule has 0 spiro atoms. The minimum absolute atomic E-state index is 0. The highest BCUT2D eigenvalue weighted by Gasteiger charge is 2.31. The van der Waals surface area contributed by atoms with Crippen LogP contribution in [-0.4, -0.2) is 5.91 Å². The fraction of sp³-hybridized carbons (Fsp3) is 0.278. The summed E-state index contributed by atoms with van der Waals surface area (Å²) in [6, 6.07) is 17.4. The molecule has 0 aliphatic rings. The monoisotopic (exact) mass is 318 g/mol. The highest BCUT2D eigenvalue weighted by Crippen LogP contribution is 2.21. The highest BCUT2D eigenvalue weighted by molar-refractivity contribution is 5.87. The Kier molecular flexibility index (Phi) is 6.15. The van der Waals surface area contributed by atoms with Crippen molar-refractivity contribution in [1.29, 1.82) is 0 Å². The van der Waals surface area contributed by atoms with Gasteiger partial charge in [0.15, 0.2) is 0 Å². The first-order valence-corrected chi connectivity index (χ1v) is 7.14. The molecule has 3 N–H and O–H groups in total. The molecule has 22 heavy (non-hydrogen) atoms. The zero-order valence-corrected chi connectivity index (χ0v) is 14.0. The first kappa shape index (κ1) is 18.2. The molecule has 0 fully saturated rings. The lowest BCUT2D eigenvalue weighted by Crippen LogP contribution is -2.49. The molecule has 2 unspecified atom stereocenters. The lowest BCUT2D eigenvalue weighted by molar-refractivity contribution is -0.126. The van der Waals surface area contributed by atoms with Crippen LogP contribution in [0.1, 0.15) is 36.6 Å². The number of halogens is 1. The molecule has 2 aromatic rings. The van der Waals surface area contributed by atoms with E-state index in [1.165, 1.54) is 0 Å². The quantitative estimate of drug-likeness (QED) is 0.907. The van der Waals surface area contributed by atoms with Crippen LogP contribution in [0.25, 0.3) is 0 Å². The van der Waals surface area contributed by atoms with Crippen molar-refractivity contribution in [2.75, 3.05) is 0 Å². The number of aryl methyl sites for hydroxylation is 1. The van der Waals surface area contributed by atoms with Crippen molar-refractivity contribution >= 4 is 18.3 Å².